The number of aryl methyl sites for hydroxylation is 2. The lowest BCUT2D eigenvalue weighted by atomic mass is 9.99. The van der Waals surface area contributed by atoms with Crippen LogP contribution in [-0.4, -0.2) is 20.2 Å². The van der Waals surface area contributed by atoms with E-state index in [4.69, 9.17) is 0 Å². The van der Waals surface area contributed by atoms with Crippen molar-refractivity contribution in [3.63, 3.8) is 0 Å². The van der Waals surface area contributed by atoms with E-state index < -0.39 is 0 Å². The summed E-state index contributed by atoms with van der Waals surface area (Å²) in [5, 5.41) is 20.5. The van der Waals surface area contributed by atoms with Gasteiger partial charge in [-0.1, -0.05) is 26.0 Å². The molecule has 4 heteroatoms. The molecule has 3 N–H and O–H groups in total. The average molecular weight is 308 g/mol. The minimum atomic E-state index is 0.182. The first-order valence-electron chi connectivity index (χ1n) is 7.82. The van der Waals surface area contributed by atoms with Gasteiger partial charge in [0.2, 0.25) is 0 Å². The van der Waals surface area contributed by atoms with Crippen LogP contribution in [0.15, 0.2) is 42.7 Å². The van der Waals surface area contributed by atoms with E-state index >= 15 is 0 Å². The number of phenolic OH excluding ortho intramolecular Hbond substituents is 2. The molecule has 0 spiro atoms. The topological polar surface area (TPSA) is 69.1 Å². The monoisotopic (exact) mass is 308 g/mol. The number of aromatic nitrogens is 2. The van der Waals surface area contributed by atoms with E-state index in [0.29, 0.717) is 22.5 Å². The number of aromatic amines is 1. The summed E-state index contributed by atoms with van der Waals surface area (Å²) in [6, 6.07) is 11.1. The molecule has 0 aliphatic carbocycles. The largest absolute Gasteiger partial charge is 0.507 e. The van der Waals surface area contributed by atoms with Gasteiger partial charge in [-0.25, -0.2) is 4.98 Å². The number of hydrogen-bond donors (Lipinski definition) is 3. The number of benzene rings is 2. The summed E-state index contributed by atoms with van der Waals surface area (Å²) in [7, 11) is 0. The molecule has 0 amide bonds. The molecule has 23 heavy (non-hydrogen) atoms. The molecule has 0 fully saturated rings. The second-order valence-electron chi connectivity index (χ2n) is 5.54. The van der Waals surface area contributed by atoms with E-state index in [1.54, 1.807) is 18.5 Å². The third-order valence-electron chi connectivity index (χ3n) is 4.10. The quantitative estimate of drug-likeness (QED) is 0.674. The van der Waals surface area contributed by atoms with Crippen molar-refractivity contribution in [2.75, 3.05) is 0 Å². The predicted molar refractivity (Wildman–Crippen MR) is 91.5 cm³/mol. The Hall–Kier alpha value is -2.75. The molecule has 0 saturated heterocycles. The smallest absolute Gasteiger partial charge is 0.125 e. The molecular weight excluding hydrogens is 288 g/mol. The maximum atomic E-state index is 10.2. The zero-order valence-electron chi connectivity index (χ0n) is 13.3. The van der Waals surface area contributed by atoms with E-state index in [0.717, 1.165) is 24.0 Å². The van der Waals surface area contributed by atoms with Crippen LogP contribution >= 0.6 is 0 Å². The zero-order valence-corrected chi connectivity index (χ0v) is 13.3. The van der Waals surface area contributed by atoms with Gasteiger partial charge in [-0.15, -0.1) is 0 Å². The first-order chi connectivity index (χ1) is 11.1. The lowest BCUT2D eigenvalue weighted by Gasteiger charge is -2.10. The van der Waals surface area contributed by atoms with Gasteiger partial charge in [0, 0.05) is 11.1 Å². The molecule has 3 aromatic rings. The first-order valence-corrected chi connectivity index (χ1v) is 7.82. The number of nitrogens with zero attached hydrogens (tertiary/aromatic N) is 1. The highest BCUT2D eigenvalue weighted by molar-refractivity contribution is 5.84. The van der Waals surface area contributed by atoms with Crippen molar-refractivity contribution in [2.24, 2.45) is 0 Å². The van der Waals surface area contributed by atoms with E-state index in [9.17, 15) is 10.2 Å². The Morgan fingerprint density at radius 3 is 2.04 bits per heavy atom. The van der Waals surface area contributed by atoms with Crippen LogP contribution in [0.1, 0.15) is 25.0 Å². The molecule has 0 aliphatic rings. The molecule has 4 nitrogen and oxygen atoms in total. The van der Waals surface area contributed by atoms with E-state index in [1.165, 1.54) is 0 Å². The minimum absolute atomic E-state index is 0.182. The van der Waals surface area contributed by atoms with Crippen LogP contribution in [0.25, 0.3) is 22.5 Å². The predicted octanol–water partition coefficient (Wildman–Crippen LogP) is 4.28. The summed E-state index contributed by atoms with van der Waals surface area (Å²) >= 11 is 0. The number of rotatable bonds is 4. The van der Waals surface area contributed by atoms with Gasteiger partial charge in [0.05, 0.1) is 17.7 Å². The summed E-state index contributed by atoms with van der Waals surface area (Å²) < 4.78 is 0. The van der Waals surface area contributed by atoms with Crippen molar-refractivity contribution < 1.29 is 10.2 Å². The number of aromatic hydroxyl groups is 2. The van der Waals surface area contributed by atoms with E-state index in [-0.39, 0.29) is 11.5 Å². The van der Waals surface area contributed by atoms with Gasteiger partial charge in [0.1, 0.15) is 11.5 Å². The van der Waals surface area contributed by atoms with Crippen molar-refractivity contribution in [1.29, 1.82) is 0 Å². The first kappa shape index (κ1) is 15.2. The van der Waals surface area contributed by atoms with Gasteiger partial charge < -0.3 is 15.2 Å². The minimum Gasteiger partial charge on any atom is -0.507 e. The zero-order chi connectivity index (χ0) is 16.4. The molecule has 0 bridgehead atoms. The number of phenols is 2. The Morgan fingerprint density at radius 1 is 0.870 bits per heavy atom. The summed E-state index contributed by atoms with van der Waals surface area (Å²) in [6.45, 7) is 4.14. The van der Waals surface area contributed by atoms with Crippen molar-refractivity contribution in [1.82, 2.24) is 9.97 Å². The number of H-pyrrole nitrogens is 1. The molecule has 2 aromatic carbocycles. The number of hydrogen-bond acceptors (Lipinski definition) is 3. The fourth-order valence-corrected chi connectivity index (χ4v) is 2.70. The molecule has 0 atom stereocenters. The SMILES string of the molecule is CCc1ccc(O)c(-c2nc[nH]c2-c2cc(CC)ccc2O)c1. The third-order valence-corrected chi connectivity index (χ3v) is 4.10. The van der Waals surface area contributed by atoms with Crippen LogP contribution < -0.4 is 0 Å². The second kappa shape index (κ2) is 6.16. The molecule has 1 heterocycles. The highest BCUT2D eigenvalue weighted by Gasteiger charge is 2.17. The van der Waals surface area contributed by atoms with Crippen LogP contribution in [0.5, 0.6) is 11.5 Å². The van der Waals surface area contributed by atoms with Crippen LogP contribution in [0.3, 0.4) is 0 Å². The highest BCUT2D eigenvalue weighted by atomic mass is 16.3. The number of nitrogens with one attached hydrogen (secondary N) is 1. The van der Waals surface area contributed by atoms with Gasteiger partial charge in [0.15, 0.2) is 0 Å². The second-order valence-corrected chi connectivity index (χ2v) is 5.54. The molecular formula is C19H20N2O2. The van der Waals surface area contributed by atoms with Gasteiger partial charge in [-0.05, 0) is 48.2 Å². The summed E-state index contributed by atoms with van der Waals surface area (Å²) in [5.41, 5.74) is 4.96. The number of imidazole rings is 1. The van der Waals surface area contributed by atoms with Gasteiger partial charge >= 0.3 is 0 Å². The van der Waals surface area contributed by atoms with Gasteiger partial charge in [0.25, 0.3) is 0 Å². The maximum Gasteiger partial charge on any atom is 0.125 e. The molecule has 0 saturated carbocycles. The van der Waals surface area contributed by atoms with Gasteiger partial charge in [-0.3, -0.25) is 0 Å². The lowest BCUT2D eigenvalue weighted by molar-refractivity contribution is 0.475. The molecule has 0 radical (unpaired) electrons. The van der Waals surface area contributed by atoms with Gasteiger partial charge in [-0.2, -0.15) is 0 Å². The van der Waals surface area contributed by atoms with E-state index in [2.05, 4.69) is 23.8 Å². The standard InChI is InChI=1S/C19H20N2O2/c1-3-12-5-7-16(22)14(9-12)18-19(21-11-20-18)15-10-13(4-2)6-8-17(15)23/h5-11,22-23H,3-4H2,1-2H3,(H,20,21). The average Bonchev–Trinajstić information content (AvgIpc) is 3.05. The Balaban J connectivity index is 2.18. The molecule has 0 unspecified atom stereocenters. The van der Waals surface area contributed by atoms with Crippen molar-refractivity contribution in [3.8, 4) is 34.0 Å². The van der Waals surface area contributed by atoms with Crippen LogP contribution in [0.2, 0.25) is 0 Å². The maximum absolute atomic E-state index is 10.2. The Morgan fingerprint density at radius 2 is 1.43 bits per heavy atom. The van der Waals surface area contributed by atoms with Crippen LogP contribution in [0.4, 0.5) is 0 Å². The lowest BCUT2D eigenvalue weighted by Crippen LogP contribution is -1.89. The summed E-state index contributed by atoms with van der Waals surface area (Å²) in [6.07, 6.45) is 3.34. The highest BCUT2D eigenvalue weighted by Crippen LogP contribution is 2.38. The van der Waals surface area contributed by atoms with Crippen LogP contribution in [-0.2, 0) is 12.8 Å². The summed E-state index contributed by atoms with van der Waals surface area (Å²) in [5.74, 6) is 0.375. The molecule has 0 aliphatic heterocycles. The molecule has 118 valence electrons. The van der Waals surface area contributed by atoms with E-state index in [1.807, 2.05) is 24.3 Å². The van der Waals surface area contributed by atoms with Crippen molar-refractivity contribution in [3.05, 3.63) is 53.9 Å². The normalized spacial score (nSPS) is 10.9. The fourth-order valence-electron chi connectivity index (χ4n) is 2.70. The Bertz CT molecular complexity index is 769. The Kier molecular flexibility index (Phi) is 4.06. The molecule has 3 rings (SSSR count). The Labute approximate surface area is 135 Å². The summed E-state index contributed by atoms with van der Waals surface area (Å²) in [4.78, 5) is 7.46. The van der Waals surface area contributed by atoms with Crippen molar-refractivity contribution >= 4 is 0 Å². The fraction of sp³-hybridized carbons (Fsp3) is 0.211. The van der Waals surface area contributed by atoms with Crippen molar-refractivity contribution in [2.45, 2.75) is 26.7 Å². The van der Waals surface area contributed by atoms with Crippen LogP contribution in [0, 0.1) is 0 Å². The third kappa shape index (κ3) is 2.80. The molecule has 1 aromatic heterocycles.